The standard InChI is InChI=1S/C18H19Cl2N3O2/c1-21-13-2-5-15(6-3-13)25-11-10-22-8-9-23(18(22)24)14-4-7-16(19)17(20)12-14/h2-7,12,21H,8-11H2,1H3. The highest BCUT2D eigenvalue weighted by Crippen LogP contribution is 2.29. The summed E-state index contributed by atoms with van der Waals surface area (Å²) in [7, 11) is 1.87. The first kappa shape index (κ1) is 17.7. The Bertz CT molecular complexity index is 752. The SMILES string of the molecule is CNc1ccc(OCCN2CCN(c3ccc(Cl)c(Cl)c3)C2=O)cc1. The first-order valence-electron chi connectivity index (χ1n) is 8.00. The lowest BCUT2D eigenvalue weighted by Gasteiger charge is -2.19. The Morgan fingerprint density at radius 3 is 2.52 bits per heavy atom. The maximum atomic E-state index is 12.5. The molecule has 0 saturated carbocycles. The van der Waals surface area contributed by atoms with E-state index >= 15 is 0 Å². The molecule has 5 nitrogen and oxygen atoms in total. The van der Waals surface area contributed by atoms with E-state index in [-0.39, 0.29) is 6.03 Å². The molecule has 0 radical (unpaired) electrons. The van der Waals surface area contributed by atoms with E-state index in [1.165, 1.54) is 0 Å². The van der Waals surface area contributed by atoms with Crippen molar-refractivity contribution in [3.63, 3.8) is 0 Å². The summed E-state index contributed by atoms with van der Waals surface area (Å²) in [5.41, 5.74) is 1.78. The van der Waals surface area contributed by atoms with Gasteiger partial charge in [-0.25, -0.2) is 4.79 Å². The van der Waals surface area contributed by atoms with Gasteiger partial charge in [0.2, 0.25) is 0 Å². The van der Waals surface area contributed by atoms with Gasteiger partial charge < -0.3 is 15.0 Å². The van der Waals surface area contributed by atoms with Crippen LogP contribution in [0.15, 0.2) is 42.5 Å². The van der Waals surface area contributed by atoms with Crippen molar-refractivity contribution in [2.75, 3.05) is 43.5 Å². The van der Waals surface area contributed by atoms with Gasteiger partial charge in [-0.2, -0.15) is 0 Å². The summed E-state index contributed by atoms with van der Waals surface area (Å²) in [5, 5.41) is 3.98. The molecule has 2 aromatic carbocycles. The number of rotatable bonds is 6. The van der Waals surface area contributed by atoms with Crippen molar-refractivity contribution in [2.24, 2.45) is 0 Å². The normalized spacial score (nSPS) is 14.1. The third kappa shape index (κ3) is 4.11. The maximum absolute atomic E-state index is 12.5. The molecule has 7 heteroatoms. The Morgan fingerprint density at radius 1 is 1.08 bits per heavy atom. The minimum atomic E-state index is -0.0486. The second kappa shape index (κ2) is 7.85. The zero-order valence-electron chi connectivity index (χ0n) is 13.8. The third-order valence-electron chi connectivity index (χ3n) is 4.08. The molecule has 1 N–H and O–H groups in total. The van der Waals surface area contributed by atoms with Crippen molar-refractivity contribution in [3.8, 4) is 5.75 Å². The largest absolute Gasteiger partial charge is 0.492 e. The molecule has 3 rings (SSSR count). The number of carbonyl (C=O) groups excluding carboxylic acids is 1. The average Bonchev–Trinajstić information content (AvgIpc) is 2.99. The summed E-state index contributed by atoms with van der Waals surface area (Å²) in [4.78, 5) is 16.0. The molecule has 0 bridgehead atoms. The molecule has 1 aliphatic rings. The quantitative estimate of drug-likeness (QED) is 0.810. The lowest BCUT2D eigenvalue weighted by molar-refractivity contribution is 0.205. The van der Waals surface area contributed by atoms with Crippen LogP contribution in [0.25, 0.3) is 0 Å². The number of nitrogens with zero attached hydrogens (tertiary/aromatic N) is 2. The number of hydrogen-bond acceptors (Lipinski definition) is 3. The van der Waals surface area contributed by atoms with Gasteiger partial charge in [0.05, 0.1) is 16.6 Å². The van der Waals surface area contributed by atoms with Crippen LogP contribution in [0.2, 0.25) is 10.0 Å². The molecule has 0 spiro atoms. The van der Waals surface area contributed by atoms with Crippen molar-refractivity contribution in [1.82, 2.24) is 4.90 Å². The Balaban J connectivity index is 1.54. The second-order valence-corrected chi connectivity index (χ2v) is 6.46. The number of hydrogen-bond donors (Lipinski definition) is 1. The fourth-order valence-corrected chi connectivity index (χ4v) is 2.97. The van der Waals surface area contributed by atoms with Crippen LogP contribution in [0.1, 0.15) is 0 Å². The zero-order chi connectivity index (χ0) is 17.8. The predicted molar refractivity (Wildman–Crippen MR) is 102 cm³/mol. The van der Waals surface area contributed by atoms with Crippen LogP contribution in [-0.4, -0.2) is 44.2 Å². The molecule has 1 fully saturated rings. The maximum Gasteiger partial charge on any atom is 0.324 e. The van der Waals surface area contributed by atoms with Crippen LogP contribution in [0, 0.1) is 0 Å². The smallest absolute Gasteiger partial charge is 0.324 e. The Kier molecular flexibility index (Phi) is 5.56. The first-order valence-corrected chi connectivity index (χ1v) is 8.76. The highest BCUT2D eigenvalue weighted by molar-refractivity contribution is 6.42. The highest BCUT2D eigenvalue weighted by Gasteiger charge is 2.29. The van der Waals surface area contributed by atoms with E-state index in [0.29, 0.717) is 36.3 Å². The van der Waals surface area contributed by atoms with Crippen LogP contribution in [-0.2, 0) is 0 Å². The minimum absolute atomic E-state index is 0.0486. The van der Waals surface area contributed by atoms with E-state index in [9.17, 15) is 4.79 Å². The molecule has 0 aliphatic carbocycles. The summed E-state index contributed by atoms with van der Waals surface area (Å²) < 4.78 is 5.71. The molecule has 1 heterocycles. The van der Waals surface area contributed by atoms with E-state index < -0.39 is 0 Å². The highest BCUT2D eigenvalue weighted by atomic mass is 35.5. The summed E-state index contributed by atoms with van der Waals surface area (Å²) in [6.45, 7) is 2.25. The van der Waals surface area contributed by atoms with Gasteiger partial charge >= 0.3 is 6.03 Å². The first-order chi connectivity index (χ1) is 12.1. The number of nitrogens with one attached hydrogen (secondary N) is 1. The van der Waals surface area contributed by atoms with Crippen molar-refractivity contribution in [3.05, 3.63) is 52.5 Å². The van der Waals surface area contributed by atoms with E-state index in [1.54, 1.807) is 28.0 Å². The second-order valence-electron chi connectivity index (χ2n) is 5.64. The number of urea groups is 1. The minimum Gasteiger partial charge on any atom is -0.492 e. The fraction of sp³-hybridized carbons (Fsp3) is 0.278. The van der Waals surface area contributed by atoms with E-state index in [1.807, 2.05) is 31.3 Å². The van der Waals surface area contributed by atoms with Crippen LogP contribution >= 0.6 is 23.2 Å². The van der Waals surface area contributed by atoms with Crippen LogP contribution in [0.5, 0.6) is 5.75 Å². The van der Waals surface area contributed by atoms with Crippen molar-refractivity contribution in [1.29, 1.82) is 0 Å². The van der Waals surface area contributed by atoms with E-state index in [2.05, 4.69) is 5.32 Å². The van der Waals surface area contributed by atoms with Crippen LogP contribution in [0.4, 0.5) is 16.2 Å². The van der Waals surface area contributed by atoms with Gasteiger partial charge in [-0.15, -0.1) is 0 Å². The van der Waals surface area contributed by atoms with Gasteiger partial charge in [-0.3, -0.25) is 4.90 Å². The van der Waals surface area contributed by atoms with E-state index in [4.69, 9.17) is 27.9 Å². The number of carbonyl (C=O) groups is 1. The predicted octanol–water partition coefficient (Wildman–Crippen LogP) is 4.36. The number of anilines is 2. The van der Waals surface area contributed by atoms with Gasteiger partial charge in [-0.1, -0.05) is 23.2 Å². The topological polar surface area (TPSA) is 44.8 Å². The molecular formula is C18H19Cl2N3O2. The van der Waals surface area contributed by atoms with E-state index in [0.717, 1.165) is 17.1 Å². The molecule has 0 unspecified atom stereocenters. The Morgan fingerprint density at radius 2 is 1.84 bits per heavy atom. The van der Waals surface area contributed by atoms with Crippen LogP contribution < -0.4 is 15.0 Å². The molecule has 2 amide bonds. The number of benzene rings is 2. The molecule has 1 saturated heterocycles. The Hall–Kier alpha value is -2.11. The van der Waals surface area contributed by atoms with Crippen molar-refractivity contribution >= 4 is 40.6 Å². The molecule has 2 aromatic rings. The summed E-state index contributed by atoms with van der Waals surface area (Å²) in [6.07, 6.45) is 0. The molecule has 0 aromatic heterocycles. The van der Waals surface area contributed by atoms with Gasteiger partial charge in [0.1, 0.15) is 12.4 Å². The summed E-state index contributed by atoms with van der Waals surface area (Å²) in [5.74, 6) is 0.784. The van der Waals surface area contributed by atoms with Crippen molar-refractivity contribution in [2.45, 2.75) is 0 Å². The average molecular weight is 380 g/mol. The third-order valence-corrected chi connectivity index (χ3v) is 4.82. The number of amides is 2. The Labute approximate surface area is 157 Å². The molecule has 25 heavy (non-hydrogen) atoms. The number of halogens is 2. The zero-order valence-corrected chi connectivity index (χ0v) is 15.3. The van der Waals surface area contributed by atoms with Crippen LogP contribution in [0.3, 0.4) is 0 Å². The monoisotopic (exact) mass is 379 g/mol. The molecule has 1 aliphatic heterocycles. The number of ether oxygens (including phenoxy) is 1. The van der Waals surface area contributed by atoms with Gasteiger partial charge in [-0.05, 0) is 42.5 Å². The summed E-state index contributed by atoms with van der Waals surface area (Å²) >= 11 is 12.0. The molecule has 0 atom stereocenters. The van der Waals surface area contributed by atoms with Gasteiger partial charge in [0.25, 0.3) is 0 Å². The van der Waals surface area contributed by atoms with Gasteiger partial charge in [0.15, 0.2) is 0 Å². The van der Waals surface area contributed by atoms with Crippen molar-refractivity contribution < 1.29 is 9.53 Å². The lowest BCUT2D eigenvalue weighted by atomic mass is 10.3. The summed E-state index contributed by atoms with van der Waals surface area (Å²) in [6, 6.07) is 12.9. The lowest BCUT2D eigenvalue weighted by Crippen LogP contribution is -2.34. The molecular weight excluding hydrogens is 361 g/mol. The fourth-order valence-electron chi connectivity index (χ4n) is 2.67. The van der Waals surface area contributed by atoms with Gasteiger partial charge in [0, 0.05) is 31.5 Å². The molecule has 132 valence electrons.